The Morgan fingerprint density at radius 2 is 2.13 bits per heavy atom. The molecule has 1 aliphatic heterocycles. The van der Waals surface area contributed by atoms with Gasteiger partial charge in [0.2, 0.25) is 0 Å². The zero-order chi connectivity index (χ0) is 20.6. The molecule has 2 heterocycles. The van der Waals surface area contributed by atoms with Gasteiger partial charge in [0.25, 0.3) is 0 Å². The van der Waals surface area contributed by atoms with Crippen LogP contribution in [0.4, 0.5) is 0 Å². The van der Waals surface area contributed by atoms with E-state index in [1.165, 1.54) is 7.11 Å². The monoisotopic (exact) mass is 527 g/mol. The molecule has 8 nitrogen and oxygen atoms in total. The SMILES string of the molecule is CCNC(=NCCc1ccc(C(=O)OC)cc1)N1CCOC(c2cnn(C)c2)C1.I. The highest BCUT2D eigenvalue weighted by Gasteiger charge is 2.25. The van der Waals surface area contributed by atoms with Crippen molar-refractivity contribution in [1.29, 1.82) is 0 Å². The number of carbonyl (C=O) groups is 1. The Morgan fingerprint density at radius 1 is 1.37 bits per heavy atom. The number of nitrogens with zero attached hydrogens (tertiary/aromatic N) is 4. The number of aromatic nitrogens is 2. The Kier molecular flexibility index (Phi) is 9.57. The van der Waals surface area contributed by atoms with E-state index in [1.54, 1.807) is 16.8 Å². The fraction of sp³-hybridized carbons (Fsp3) is 0.476. The standard InChI is InChI=1S/C21H29N5O3.HI/c1-4-22-21(23-10-9-16-5-7-17(8-6-16)20(27)28-3)26-11-12-29-19(15-26)18-13-24-25(2)14-18;/h5-8,13-14,19H,4,9-12,15H2,1-3H3,(H,22,23);1H. The number of carbonyl (C=O) groups excluding carboxylic acids is 1. The molecule has 0 saturated carbocycles. The lowest BCUT2D eigenvalue weighted by molar-refractivity contribution is -0.00803. The maximum atomic E-state index is 11.5. The number of aryl methyl sites for hydroxylation is 1. The highest BCUT2D eigenvalue weighted by molar-refractivity contribution is 14.0. The molecule has 2 aromatic rings. The first-order valence-corrected chi connectivity index (χ1v) is 9.91. The normalized spacial score (nSPS) is 16.7. The third-order valence-electron chi connectivity index (χ3n) is 4.83. The summed E-state index contributed by atoms with van der Waals surface area (Å²) in [5, 5.41) is 7.63. The van der Waals surface area contributed by atoms with Crippen LogP contribution in [0.15, 0.2) is 41.7 Å². The van der Waals surface area contributed by atoms with E-state index in [0.717, 1.165) is 43.1 Å². The zero-order valence-electron chi connectivity index (χ0n) is 17.7. The summed E-state index contributed by atoms with van der Waals surface area (Å²) in [5.74, 6) is 0.579. The molecule has 1 aromatic heterocycles. The third-order valence-corrected chi connectivity index (χ3v) is 4.83. The van der Waals surface area contributed by atoms with E-state index in [9.17, 15) is 4.79 Å². The largest absolute Gasteiger partial charge is 0.465 e. The first-order valence-electron chi connectivity index (χ1n) is 9.91. The van der Waals surface area contributed by atoms with Crippen molar-refractivity contribution in [2.45, 2.75) is 19.4 Å². The van der Waals surface area contributed by atoms with Crippen molar-refractivity contribution in [2.75, 3.05) is 39.9 Å². The van der Waals surface area contributed by atoms with Gasteiger partial charge in [0.05, 0.1) is 32.0 Å². The number of esters is 1. The van der Waals surface area contributed by atoms with Crippen LogP contribution in [0.2, 0.25) is 0 Å². The quantitative estimate of drug-likeness (QED) is 0.269. The van der Waals surface area contributed by atoms with E-state index >= 15 is 0 Å². The van der Waals surface area contributed by atoms with E-state index in [1.807, 2.05) is 31.6 Å². The lowest BCUT2D eigenvalue weighted by atomic mass is 10.1. The van der Waals surface area contributed by atoms with Crippen molar-refractivity contribution in [3.63, 3.8) is 0 Å². The molecule has 1 N–H and O–H groups in total. The molecule has 164 valence electrons. The molecule has 30 heavy (non-hydrogen) atoms. The topological polar surface area (TPSA) is 81.0 Å². The second-order valence-corrected chi connectivity index (χ2v) is 6.93. The Balaban J connectivity index is 0.00000320. The van der Waals surface area contributed by atoms with Crippen LogP contribution in [0.1, 0.15) is 34.5 Å². The van der Waals surface area contributed by atoms with Gasteiger partial charge >= 0.3 is 5.97 Å². The van der Waals surface area contributed by atoms with E-state index in [4.69, 9.17) is 14.5 Å². The Bertz CT molecular complexity index is 837. The van der Waals surface area contributed by atoms with Gasteiger partial charge in [0.15, 0.2) is 5.96 Å². The molecule has 3 rings (SSSR count). The van der Waals surface area contributed by atoms with Gasteiger partial charge in [-0.3, -0.25) is 9.67 Å². The molecule has 1 aromatic carbocycles. The molecular formula is C21H30IN5O3. The van der Waals surface area contributed by atoms with Gasteiger partial charge in [0.1, 0.15) is 6.10 Å². The number of halogens is 1. The molecule has 0 spiro atoms. The Labute approximate surface area is 194 Å². The number of rotatable bonds is 6. The second kappa shape index (κ2) is 11.9. The van der Waals surface area contributed by atoms with Gasteiger partial charge in [-0.05, 0) is 31.0 Å². The Morgan fingerprint density at radius 3 is 2.77 bits per heavy atom. The minimum absolute atomic E-state index is 0. The molecular weight excluding hydrogens is 497 g/mol. The fourth-order valence-corrected chi connectivity index (χ4v) is 3.29. The van der Waals surface area contributed by atoms with Crippen molar-refractivity contribution in [3.05, 3.63) is 53.3 Å². The highest BCUT2D eigenvalue weighted by atomic mass is 127. The van der Waals surface area contributed by atoms with Crippen LogP contribution in [0, 0.1) is 0 Å². The number of benzene rings is 1. The van der Waals surface area contributed by atoms with Crippen molar-refractivity contribution >= 4 is 35.9 Å². The summed E-state index contributed by atoms with van der Waals surface area (Å²) in [6.45, 7) is 5.73. The number of nitrogens with one attached hydrogen (secondary N) is 1. The van der Waals surface area contributed by atoms with Crippen molar-refractivity contribution < 1.29 is 14.3 Å². The molecule has 0 amide bonds. The summed E-state index contributed by atoms with van der Waals surface area (Å²) in [6.07, 6.45) is 4.64. The summed E-state index contributed by atoms with van der Waals surface area (Å²) >= 11 is 0. The molecule has 0 aliphatic carbocycles. The molecule has 1 saturated heterocycles. The third kappa shape index (κ3) is 6.43. The van der Waals surface area contributed by atoms with Crippen LogP contribution >= 0.6 is 24.0 Å². The number of morpholine rings is 1. The van der Waals surface area contributed by atoms with Crippen LogP contribution in [0.25, 0.3) is 0 Å². The number of aliphatic imine (C=N–C) groups is 1. The lowest BCUT2D eigenvalue weighted by Crippen LogP contribution is -2.48. The summed E-state index contributed by atoms with van der Waals surface area (Å²) in [6, 6.07) is 7.47. The maximum Gasteiger partial charge on any atom is 0.337 e. The smallest absolute Gasteiger partial charge is 0.337 e. The highest BCUT2D eigenvalue weighted by Crippen LogP contribution is 2.21. The molecule has 0 radical (unpaired) electrons. The zero-order valence-corrected chi connectivity index (χ0v) is 20.0. The average molecular weight is 527 g/mol. The molecule has 1 aliphatic rings. The number of hydrogen-bond acceptors (Lipinski definition) is 5. The van der Waals surface area contributed by atoms with Gasteiger partial charge in [-0.1, -0.05) is 12.1 Å². The fourth-order valence-electron chi connectivity index (χ4n) is 3.29. The van der Waals surface area contributed by atoms with Gasteiger partial charge in [-0.25, -0.2) is 4.79 Å². The number of methoxy groups -OCH3 is 1. The van der Waals surface area contributed by atoms with Crippen molar-refractivity contribution in [1.82, 2.24) is 20.0 Å². The maximum absolute atomic E-state index is 11.5. The second-order valence-electron chi connectivity index (χ2n) is 6.93. The van der Waals surface area contributed by atoms with E-state index in [2.05, 4.69) is 22.2 Å². The minimum atomic E-state index is -0.320. The molecule has 1 fully saturated rings. The van der Waals surface area contributed by atoms with Gasteiger partial charge in [0, 0.05) is 38.4 Å². The summed E-state index contributed by atoms with van der Waals surface area (Å²) < 4.78 is 12.5. The van der Waals surface area contributed by atoms with Gasteiger partial charge < -0.3 is 19.7 Å². The molecule has 0 bridgehead atoms. The first kappa shape index (κ1) is 24.1. The van der Waals surface area contributed by atoms with Crippen molar-refractivity contribution in [3.8, 4) is 0 Å². The first-order chi connectivity index (χ1) is 14.1. The van der Waals surface area contributed by atoms with E-state index < -0.39 is 0 Å². The molecule has 1 atom stereocenters. The minimum Gasteiger partial charge on any atom is -0.465 e. The van der Waals surface area contributed by atoms with E-state index in [0.29, 0.717) is 18.7 Å². The van der Waals surface area contributed by atoms with Crippen LogP contribution < -0.4 is 5.32 Å². The molecule has 1 unspecified atom stereocenters. The Hall–Kier alpha value is -2.14. The summed E-state index contributed by atoms with van der Waals surface area (Å²) in [4.78, 5) is 18.6. The van der Waals surface area contributed by atoms with Crippen LogP contribution in [-0.2, 0) is 22.9 Å². The lowest BCUT2D eigenvalue weighted by Gasteiger charge is -2.34. The number of hydrogen-bond donors (Lipinski definition) is 1. The predicted molar refractivity (Wildman–Crippen MR) is 126 cm³/mol. The predicted octanol–water partition coefficient (Wildman–Crippen LogP) is 2.41. The van der Waals surface area contributed by atoms with Gasteiger partial charge in [-0.2, -0.15) is 5.10 Å². The van der Waals surface area contributed by atoms with Crippen LogP contribution in [-0.4, -0.2) is 66.5 Å². The number of ether oxygens (including phenoxy) is 2. The summed E-state index contributed by atoms with van der Waals surface area (Å²) in [5.41, 5.74) is 2.77. The van der Waals surface area contributed by atoms with Crippen LogP contribution in [0.5, 0.6) is 0 Å². The summed E-state index contributed by atoms with van der Waals surface area (Å²) in [7, 11) is 3.30. The molecule has 9 heteroatoms. The average Bonchev–Trinajstić information content (AvgIpc) is 3.19. The van der Waals surface area contributed by atoms with Gasteiger partial charge in [-0.15, -0.1) is 24.0 Å². The van der Waals surface area contributed by atoms with E-state index in [-0.39, 0.29) is 36.0 Å². The van der Waals surface area contributed by atoms with Crippen LogP contribution in [0.3, 0.4) is 0 Å². The van der Waals surface area contributed by atoms with Crippen molar-refractivity contribution in [2.24, 2.45) is 12.0 Å². The number of guanidine groups is 1.